The highest BCUT2D eigenvalue weighted by atomic mass is 79.9. The summed E-state index contributed by atoms with van der Waals surface area (Å²) in [6.07, 6.45) is 0. The van der Waals surface area contributed by atoms with Crippen LogP contribution in [0.4, 0.5) is 20.2 Å². The van der Waals surface area contributed by atoms with Crippen LogP contribution in [0.2, 0.25) is 0 Å². The van der Waals surface area contributed by atoms with Gasteiger partial charge in [-0.1, -0.05) is 0 Å². The molecule has 0 fully saturated rings. The van der Waals surface area contributed by atoms with Crippen LogP contribution in [-0.2, 0) is 0 Å². The summed E-state index contributed by atoms with van der Waals surface area (Å²) in [5.74, 6) is -1.15. The number of nitrogen functional groups attached to an aromatic ring is 1. The van der Waals surface area contributed by atoms with E-state index in [0.717, 1.165) is 6.07 Å². The summed E-state index contributed by atoms with van der Waals surface area (Å²) in [5.41, 5.74) is 4.74. The van der Waals surface area contributed by atoms with E-state index in [0.29, 0.717) is 14.7 Å². The lowest BCUT2D eigenvalue weighted by Gasteiger charge is -2.06. The lowest BCUT2D eigenvalue weighted by Crippen LogP contribution is -1.97. The molecule has 0 saturated heterocycles. The van der Waals surface area contributed by atoms with Crippen molar-refractivity contribution >= 4 is 43.2 Å². The normalized spacial score (nSPS) is 9.75. The number of halogens is 4. The van der Waals surface area contributed by atoms with Crippen molar-refractivity contribution in [2.45, 2.75) is 0 Å². The van der Waals surface area contributed by atoms with Crippen LogP contribution in [0, 0.1) is 21.7 Å². The van der Waals surface area contributed by atoms with Gasteiger partial charge in [-0.2, -0.15) is 4.39 Å². The van der Waals surface area contributed by atoms with E-state index in [1.165, 1.54) is 26.4 Å². The van der Waals surface area contributed by atoms with Crippen molar-refractivity contribution in [3.63, 3.8) is 0 Å². The molecule has 0 aliphatic carbocycles. The van der Waals surface area contributed by atoms with E-state index in [1.54, 1.807) is 6.07 Å². The van der Waals surface area contributed by atoms with Gasteiger partial charge < -0.3 is 15.2 Å². The number of ether oxygens (including phenoxy) is 2. The highest BCUT2D eigenvalue weighted by molar-refractivity contribution is 9.10. The lowest BCUT2D eigenvalue weighted by atomic mass is 10.3. The van der Waals surface area contributed by atoms with Gasteiger partial charge in [0, 0.05) is 0 Å². The fourth-order valence-corrected chi connectivity index (χ4v) is 2.63. The summed E-state index contributed by atoms with van der Waals surface area (Å²) in [7, 11) is 2.68. The molecule has 10 heteroatoms. The highest BCUT2D eigenvalue weighted by Crippen LogP contribution is 2.36. The zero-order valence-corrected chi connectivity index (χ0v) is 15.7. The molecule has 2 rings (SSSR count). The van der Waals surface area contributed by atoms with E-state index in [4.69, 9.17) is 10.5 Å². The fraction of sp³-hybridized carbons (Fsp3) is 0.143. The topological polar surface area (TPSA) is 87.6 Å². The summed E-state index contributed by atoms with van der Waals surface area (Å²) in [5, 5.41) is 10.4. The summed E-state index contributed by atoms with van der Waals surface area (Å²) in [6, 6.07) is 5.18. The average molecular weight is 470 g/mol. The number of nitrogens with two attached hydrogens (primary N) is 1. The molecule has 0 bridgehead atoms. The number of rotatable bonds is 3. The van der Waals surface area contributed by atoms with Crippen LogP contribution in [0.3, 0.4) is 0 Å². The zero-order chi connectivity index (χ0) is 18.4. The van der Waals surface area contributed by atoms with Crippen LogP contribution in [0.25, 0.3) is 0 Å². The average Bonchev–Trinajstić information content (AvgIpc) is 2.54. The van der Waals surface area contributed by atoms with Gasteiger partial charge in [0.25, 0.3) is 0 Å². The summed E-state index contributed by atoms with van der Waals surface area (Å²) < 4.78 is 36.2. The first-order valence-electron chi connectivity index (χ1n) is 6.18. The molecule has 0 atom stereocenters. The number of benzene rings is 2. The molecule has 24 heavy (non-hydrogen) atoms. The summed E-state index contributed by atoms with van der Waals surface area (Å²) in [4.78, 5) is 9.60. The number of nitro groups is 1. The Labute approximate surface area is 153 Å². The largest absolute Gasteiger partial charge is 0.493 e. The van der Waals surface area contributed by atoms with Crippen LogP contribution in [0.5, 0.6) is 11.5 Å². The summed E-state index contributed by atoms with van der Waals surface area (Å²) in [6.45, 7) is 0. The summed E-state index contributed by atoms with van der Waals surface area (Å²) >= 11 is 6.18. The molecular formula is C14H12Br2F2N2O4. The van der Waals surface area contributed by atoms with E-state index in [9.17, 15) is 18.9 Å². The predicted molar refractivity (Wildman–Crippen MR) is 92.4 cm³/mol. The number of hydrogen-bond acceptors (Lipinski definition) is 5. The number of methoxy groups -OCH3 is 2. The second kappa shape index (κ2) is 8.78. The van der Waals surface area contributed by atoms with Crippen LogP contribution in [0.1, 0.15) is 0 Å². The van der Waals surface area contributed by atoms with E-state index in [1.807, 2.05) is 0 Å². The molecule has 0 aliphatic heterocycles. The zero-order valence-electron chi connectivity index (χ0n) is 12.5. The monoisotopic (exact) mass is 468 g/mol. The molecule has 0 aliphatic rings. The third-order valence-corrected chi connectivity index (χ3v) is 3.97. The number of hydrogen-bond donors (Lipinski definition) is 1. The molecule has 130 valence electrons. The van der Waals surface area contributed by atoms with Gasteiger partial charge in [0.1, 0.15) is 11.5 Å². The van der Waals surface area contributed by atoms with E-state index < -0.39 is 22.2 Å². The molecular weight excluding hydrogens is 458 g/mol. The fourth-order valence-electron chi connectivity index (χ4n) is 1.64. The van der Waals surface area contributed by atoms with Crippen molar-refractivity contribution < 1.29 is 23.2 Å². The van der Waals surface area contributed by atoms with Crippen LogP contribution in [0.15, 0.2) is 33.2 Å². The highest BCUT2D eigenvalue weighted by Gasteiger charge is 2.23. The first-order valence-corrected chi connectivity index (χ1v) is 7.77. The lowest BCUT2D eigenvalue weighted by molar-refractivity contribution is -0.388. The van der Waals surface area contributed by atoms with E-state index in [-0.39, 0.29) is 11.4 Å². The molecule has 2 aromatic rings. The van der Waals surface area contributed by atoms with Crippen molar-refractivity contribution in [1.29, 1.82) is 0 Å². The molecule has 0 amide bonds. The van der Waals surface area contributed by atoms with Gasteiger partial charge in [-0.3, -0.25) is 10.1 Å². The quantitative estimate of drug-likeness (QED) is 0.400. The molecule has 0 radical (unpaired) electrons. The maximum atomic E-state index is 12.9. The number of nitro benzene ring substituents is 1. The molecule has 0 unspecified atom stereocenters. The predicted octanol–water partition coefficient (Wildman–Crippen LogP) is 4.68. The van der Waals surface area contributed by atoms with Gasteiger partial charge in [-0.05, 0) is 56.1 Å². The Hall–Kier alpha value is -1.94. The van der Waals surface area contributed by atoms with Gasteiger partial charge >= 0.3 is 5.69 Å². The first-order chi connectivity index (χ1) is 11.2. The van der Waals surface area contributed by atoms with Gasteiger partial charge in [-0.15, -0.1) is 0 Å². The first kappa shape index (κ1) is 20.1. The van der Waals surface area contributed by atoms with Crippen molar-refractivity contribution in [1.82, 2.24) is 0 Å². The van der Waals surface area contributed by atoms with Crippen LogP contribution >= 0.6 is 31.9 Å². The third-order valence-electron chi connectivity index (χ3n) is 2.72. The Morgan fingerprint density at radius 3 is 1.83 bits per heavy atom. The molecule has 0 saturated carbocycles. The SMILES string of the molecule is COc1c(Br)ccc(F)c1N.COc1c(Br)ccc(F)c1[N+](=O)[O-]. The second-order valence-electron chi connectivity index (χ2n) is 4.14. The minimum absolute atomic E-state index is 0.0295. The van der Waals surface area contributed by atoms with Gasteiger partial charge in [-0.25, -0.2) is 4.39 Å². The third kappa shape index (κ3) is 4.54. The van der Waals surface area contributed by atoms with Gasteiger partial charge in [0.05, 0.1) is 28.1 Å². The van der Waals surface area contributed by atoms with Crippen molar-refractivity contribution in [3.8, 4) is 11.5 Å². The maximum Gasteiger partial charge on any atom is 0.347 e. The minimum Gasteiger partial charge on any atom is -0.493 e. The van der Waals surface area contributed by atoms with Crippen molar-refractivity contribution in [2.75, 3.05) is 20.0 Å². The van der Waals surface area contributed by atoms with E-state index >= 15 is 0 Å². The molecule has 0 spiro atoms. The molecule has 0 heterocycles. The Kier molecular flexibility index (Phi) is 7.36. The molecule has 2 aromatic carbocycles. The minimum atomic E-state index is -0.912. The standard InChI is InChI=1S/C7H5BrFNO3.C7H7BrFNO/c1-13-7-4(8)2-3-5(9)6(7)10(11)12;1-11-7-4(8)2-3-5(9)6(7)10/h2-3H,1H3;2-3H,10H2,1H3. The molecule has 2 N–H and O–H groups in total. The molecule has 6 nitrogen and oxygen atoms in total. The maximum absolute atomic E-state index is 12.9. The van der Waals surface area contributed by atoms with Gasteiger partial charge in [0.2, 0.25) is 11.6 Å². The smallest absolute Gasteiger partial charge is 0.347 e. The molecule has 0 aromatic heterocycles. The van der Waals surface area contributed by atoms with Crippen LogP contribution in [-0.4, -0.2) is 19.1 Å². The number of nitrogens with zero attached hydrogens (tertiary/aromatic N) is 1. The number of anilines is 1. The Morgan fingerprint density at radius 2 is 1.46 bits per heavy atom. The Bertz CT molecular complexity index is 760. The van der Waals surface area contributed by atoms with Crippen LogP contribution < -0.4 is 15.2 Å². The Morgan fingerprint density at radius 1 is 1.00 bits per heavy atom. The van der Waals surface area contributed by atoms with Crippen molar-refractivity contribution in [3.05, 3.63) is 55.0 Å². The Balaban J connectivity index is 0.000000243. The second-order valence-corrected chi connectivity index (χ2v) is 5.85. The van der Waals surface area contributed by atoms with Gasteiger partial charge in [0.15, 0.2) is 5.75 Å². The van der Waals surface area contributed by atoms with Crippen molar-refractivity contribution in [2.24, 2.45) is 0 Å². The van der Waals surface area contributed by atoms with E-state index in [2.05, 4.69) is 36.6 Å².